The SMILES string of the molecule is Bc1c(B)c(B)c(C(B)N2CC3(CC(OC(=O)N4[C@H](C)CN(c5ncc(C(F)(F)F)cn5)C[C@@H]4C)C3)C2)c(B)c1B. The van der Waals surface area contributed by atoms with Crippen molar-refractivity contribution in [2.24, 2.45) is 5.41 Å². The standard InChI is InChI=1S/C25H36B6F3N5O2/c1-11-7-37(22-35-5-13(6-36-22)25(32,33)34)8-12(2)39(11)23(40)41-14-3-24(4-14)9-38(10-24)21(31)15-16(26)18(28)20(30)19(29)17(15)27/h5-6,11-12,14,21H,3-4,7-10,26-31H2,1-2H3/t11-,12+,21?. The number of alkyl halides is 3. The van der Waals surface area contributed by atoms with Crippen molar-refractivity contribution in [2.75, 3.05) is 31.1 Å². The van der Waals surface area contributed by atoms with Gasteiger partial charge in [-0.2, -0.15) is 13.2 Å². The van der Waals surface area contributed by atoms with Crippen molar-refractivity contribution in [3.05, 3.63) is 23.5 Å². The van der Waals surface area contributed by atoms with Crippen LogP contribution in [0.3, 0.4) is 0 Å². The molecule has 1 saturated carbocycles. The van der Waals surface area contributed by atoms with Gasteiger partial charge in [0.2, 0.25) is 5.95 Å². The highest BCUT2D eigenvalue weighted by atomic mass is 19.4. The van der Waals surface area contributed by atoms with E-state index in [4.69, 9.17) is 4.74 Å². The van der Waals surface area contributed by atoms with Gasteiger partial charge in [-0.3, -0.25) is 4.90 Å². The monoisotopic (exact) mass is 561 g/mol. The minimum atomic E-state index is -4.48. The summed E-state index contributed by atoms with van der Waals surface area (Å²) in [5.74, 6) is 0.586. The Hall–Kier alpha value is -2.49. The predicted octanol–water partition coefficient (Wildman–Crippen LogP) is -5.38. The lowest BCUT2D eigenvalue weighted by molar-refractivity contribution is -0.139. The summed E-state index contributed by atoms with van der Waals surface area (Å²) >= 11 is 0. The van der Waals surface area contributed by atoms with Gasteiger partial charge >= 0.3 is 12.3 Å². The molecule has 16 heteroatoms. The van der Waals surface area contributed by atoms with E-state index in [-0.39, 0.29) is 35.6 Å². The van der Waals surface area contributed by atoms with E-state index in [0.717, 1.165) is 38.3 Å². The van der Waals surface area contributed by atoms with Crippen molar-refractivity contribution in [3.63, 3.8) is 0 Å². The minimum Gasteiger partial charge on any atom is -0.446 e. The number of halogens is 3. The maximum Gasteiger partial charge on any atom is 0.419 e. The highest BCUT2D eigenvalue weighted by Crippen LogP contribution is 2.51. The fraction of sp³-hybridized carbons (Fsp3) is 0.560. The van der Waals surface area contributed by atoms with Crippen LogP contribution in [0.25, 0.3) is 0 Å². The molecule has 7 nitrogen and oxygen atoms in total. The summed E-state index contributed by atoms with van der Waals surface area (Å²) in [7, 11) is 13.5. The van der Waals surface area contributed by atoms with Gasteiger partial charge in [-0.25, -0.2) is 14.8 Å². The topological polar surface area (TPSA) is 61.8 Å². The summed E-state index contributed by atoms with van der Waals surface area (Å²) in [6.07, 6.45) is -1.50. The lowest BCUT2D eigenvalue weighted by Crippen LogP contribution is -2.67. The van der Waals surface area contributed by atoms with Crippen molar-refractivity contribution in [2.45, 2.75) is 57.0 Å². The van der Waals surface area contributed by atoms with Gasteiger partial charge in [0, 0.05) is 49.9 Å². The molecule has 3 heterocycles. The number of aromatic nitrogens is 2. The summed E-state index contributed by atoms with van der Waals surface area (Å²) < 4.78 is 44.6. The van der Waals surface area contributed by atoms with E-state index >= 15 is 0 Å². The zero-order chi connectivity index (χ0) is 30.0. The molecule has 212 valence electrons. The largest absolute Gasteiger partial charge is 0.446 e. The van der Waals surface area contributed by atoms with E-state index in [1.165, 1.54) is 32.9 Å². The van der Waals surface area contributed by atoms with Gasteiger partial charge in [0.25, 0.3) is 0 Å². The molecule has 2 aromatic rings. The van der Waals surface area contributed by atoms with Gasteiger partial charge in [-0.15, -0.1) is 16.4 Å². The van der Waals surface area contributed by atoms with E-state index in [0.29, 0.717) is 19.0 Å². The number of hydrogen-bond acceptors (Lipinski definition) is 6. The number of piperazine rings is 1. The second kappa shape index (κ2) is 10.7. The molecule has 1 unspecified atom stereocenters. The van der Waals surface area contributed by atoms with Gasteiger partial charge in [0.1, 0.15) is 53.2 Å². The van der Waals surface area contributed by atoms with Gasteiger partial charge in [0.05, 0.1) is 17.6 Å². The van der Waals surface area contributed by atoms with Gasteiger partial charge in [0.15, 0.2) is 0 Å². The van der Waals surface area contributed by atoms with Crippen molar-refractivity contribution < 1.29 is 22.7 Å². The van der Waals surface area contributed by atoms with Gasteiger partial charge in [-0.1, -0.05) is 16.5 Å². The lowest BCUT2D eigenvalue weighted by Gasteiger charge is -2.60. The summed E-state index contributed by atoms with van der Waals surface area (Å²) in [5.41, 5.74) is 7.75. The molecule has 3 fully saturated rings. The molecule has 0 bridgehead atoms. The lowest BCUT2D eigenvalue weighted by atomic mass is 9.56. The Balaban J connectivity index is 1.13. The molecule has 2 saturated heterocycles. The first-order chi connectivity index (χ1) is 19.1. The van der Waals surface area contributed by atoms with Crippen LogP contribution in [0, 0.1) is 5.41 Å². The number of amides is 1. The third-order valence-corrected chi connectivity index (χ3v) is 10.1. The molecule has 1 aliphatic carbocycles. The van der Waals surface area contributed by atoms with Crippen LogP contribution in [0.2, 0.25) is 0 Å². The van der Waals surface area contributed by atoms with Crippen LogP contribution in [-0.4, -0.2) is 117 Å². The fourth-order valence-corrected chi connectivity index (χ4v) is 7.36. The summed E-state index contributed by atoms with van der Waals surface area (Å²) in [6.45, 7) is 6.71. The average molecular weight is 560 g/mol. The highest BCUT2D eigenvalue weighted by Gasteiger charge is 2.55. The number of ether oxygens (including phenoxy) is 1. The second-order valence-corrected chi connectivity index (χ2v) is 12.8. The number of likely N-dealkylation sites (tertiary alicyclic amines) is 1. The smallest absolute Gasteiger partial charge is 0.419 e. The third-order valence-electron chi connectivity index (χ3n) is 10.1. The van der Waals surface area contributed by atoms with Crippen LogP contribution >= 0.6 is 0 Å². The van der Waals surface area contributed by atoms with Crippen molar-refractivity contribution in [1.82, 2.24) is 19.8 Å². The van der Waals surface area contributed by atoms with E-state index in [1.807, 2.05) is 18.7 Å². The van der Waals surface area contributed by atoms with E-state index in [9.17, 15) is 18.0 Å². The molecule has 3 atom stereocenters. The molecule has 1 aromatic heterocycles. The Morgan fingerprint density at radius 1 is 0.951 bits per heavy atom. The van der Waals surface area contributed by atoms with Gasteiger partial charge in [-0.05, 0) is 26.7 Å². The Morgan fingerprint density at radius 2 is 1.44 bits per heavy atom. The predicted molar refractivity (Wildman–Crippen MR) is 172 cm³/mol. The quantitative estimate of drug-likeness (QED) is 0.349. The summed E-state index contributed by atoms with van der Waals surface area (Å²) in [4.78, 5) is 27.1. The van der Waals surface area contributed by atoms with Crippen molar-refractivity contribution >= 4 is 86.4 Å². The summed E-state index contributed by atoms with van der Waals surface area (Å²) in [6, 6.07) is -0.391. The minimum absolute atomic E-state index is 0.0806. The van der Waals surface area contributed by atoms with E-state index in [1.54, 1.807) is 4.90 Å². The zero-order valence-corrected chi connectivity index (χ0v) is 25.4. The van der Waals surface area contributed by atoms with Crippen LogP contribution in [0.1, 0.15) is 43.8 Å². The summed E-state index contributed by atoms with van der Waals surface area (Å²) in [5, 5.41) is 0. The first-order valence-electron chi connectivity index (χ1n) is 14.6. The number of hydrogen-bond donors (Lipinski definition) is 0. The Kier molecular flexibility index (Phi) is 7.79. The van der Waals surface area contributed by atoms with E-state index in [2.05, 4.69) is 61.9 Å². The third kappa shape index (κ3) is 5.41. The number of carbonyl (C=O) groups is 1. The Morgan fingerprint density at radius 3 is 1.93 bits per heavy atom. The first-order valence-corrected chi connectivity index (χ1v) is 14.6. The van der Waals surface area contributed by atoms with Crippen LogP contribution < -0.4 is 32.2 Å². The van der Waals surface area contributed by atoms with Crippen LogP contribution in [0.4, 0.5) is 23.9 Å². The molecule has 3 aliphatic rings. The Labute approximate surface area is 245 Å². The molecule has 1 aromatic carbocycles. The maximum atomic E-state index is 13.2. The maximum absolute atomic E-state index is 13.2. The Bertz CT molecular complexity index is 1300. The fourth-order valence-electron chi connectivity index (χ4n) is 7.36. The molecular formula is C25H36B6F3N5O2. The molecule has 1 spiro atoms. The van der Waals surface area contributed by atoms with Crippen LogP contribution in [-0.2, 0) is 10.9 Å². The highest BCUT2D eigenvalue weighted by molar-refractivity contribution is 6.67. The van der Waals surface area contributed by atoms with Crippen LogP contribution in [0.5, 0.6) is 0 Å². The van der Waals surface area contributed by atoms with Crippen LogP contribution in [0.15, 0.2) is 12.4 Å². The van der Waals surface area contributed by atoms with E-state index < -0.39 is 11.7 Å². The van der Waals surface area contributed by atoms with Crippen molar-refractivity contribution in [1.29, 1.82) is 0 Å². The molecular weight excluding hydrogens is 524 g/mol. The number of anilines is 1. The average Bonchev–Trinajstić information content (AvgIpc) is 2.86. The molecule has 0 N–H and O–H groups in total. The molecule has 2 aliphatic heterocycles. The number of benzene rings is 1. The normalized spacial score (nSPS) is 23.6. The van der Waals surface area contributed by atoms with Gasteiger partial charge < -0.3 is 14.5 Å². The number of nitrogens with zero attached hydrogens (tertiary/aromatic N) is 5. The first kappa shape index (κ1) is 30.0. The molecule has 1 amide bonds. The molecule has 0 radical (unpaired) electrons. The molecule has 41 heavy (non-hydrogen) atoms. The number of carbonyl (C=O) groups excluding carboxylic acids is 1. The molecule has 5 rings (SSSR count). The second-order valence-electron chi connectivity index (χ2n) is 12.8. The number of rotatable bonds is 4. The van der Waals surface area contributed by atoms with Crippen molar-refractivity contribution in [3.8, 4) is 0 Å². The zero-order valence-electron chi connectivity index (χ0n) is 25.4.